The molecule has 2 heterocycles. The number of carbonyl (C=O) groups excluding carboxylic acids is 1. The number of fused-ring (bicyclic) bond motifs is 2. The summed E-state index contributed by atoms with van der Waals surface area (Å²) in [5, 5.41) is 11.6. The van der Waals surface area contributed by atoms with Crippen molar-refractivity contribution in [2.75, 3.05) is 33.9 Å². The Bertz CT molecular complexity index is 1200. The molecule has 2 aliphatic heterocycles. The number of likely N-dealkylation sites (tertiary alicyclic amines) is 1. The largest absolute Gasteiger partial charge is 0.485 e. The van der Waals surface area contributed by atoms with Gasteiger partial charge in [-0.15, -0.1) is 0 Å². The molecule has 0 amide bonds. The topological polar surface area (TPSA) is 77.5 Å². The second kappa shape index (κ2) is 7.98. The minimum absolute atomic E-state index is 0.0161. The molecular formula is C31H41NO6. The number of rotatable bonds is 8. The van der Waals surface area contributed by atoms with Crippen molar-refractivity contribution in [3.8, 4) is 11.5 Å². The second-order valence-electron chi connectivity index (χ2n) is 13.4. The SMILES string of the molecule is C=C(COc1ccc2c3c1O[C@H]1[C@@]4(OC)CC[C@@]5(C[C@@H]4C(C)(C)O)[C@@H](C2)N(CC2CC2)CC[C@]315)C(=O)OC. The van der Waals surface area contributed by atoms with E-state index >= 15 is 0 Å². The summed E-state index contributed by atoms with van der Waals surface area (Å²) < 4.78 is 24.6. The Morgan fingerprint density at radius 1 is 1.24 bits per heavy atom. The Labute approximate surface area is 225 Å². The molecule has 0 aromatic heterocycles. The molecule has 1 N–H and O–H groups in total. The summed E-state index contributed by atoms with van der Waals surface area (Å²) in [5.41, 5.74) is 1.31. The fourth-order valence-corrected chi connectivity index (χ4v) is 9.70. The molecule has 206 valence electrons. The number of benzene rings is 1. The highest BCUT2D eigenvalue weighted by Crippen LogP contribution is 2.77. The number of aliphatic hydroxyl groups is 1. The molecule has 4 bridgehead atoms. The first kappa shape index (κ1) is 24.9. The minimum Gasteiger partial charge on any atom is -0.485 e. The van der Waals surface area contributed by atoms with Gasteiger partial charge in [0.2, 0.25) is 0 Å². The molecule has 7 heteroatoms. The van der Waals surface area contributed by atoms with Crippen molar-refractivity contribution >= 4 is 5.97 Å². The molecule has 0 unspecified atom stereocenters. The van der Waals surface area contributed by atoms with Gasteiger partial charge in [0, 0.05) is 42.0 Å². The average molecular weight is 524 g/mol. The summed E-state index contributed by atoms with van der Waals surface area (Å²) in [6.45, 7) is 10.0. The Morgan fingerprint density at radius 3 is 2.71 bits per heavy atom. The predicted molar refractivity (Wildman–Crippen MR) is 141 cm³/mol. The maximum atomic E-state index is 12.0. The molecular weight excluding hydrogens is 482 g/mol. The van der Waals surface area contributed by atoms with Gasteiger partial charge in [0.05, 0.1) is 18.3 Å². The maximum Gasteiger partial charge on any atom is 0.336 e. The lowest BCUT2D eigenvalue weighted by molar-refractivity contribution is -0.300. The van der Waals surface area contributed by atoms with Crippen molar-refractivity contribution in [2.45, 2.75) is 87.6 Å². The van der Waals surface area contributed by atoms with Gasteiger partial charge in [-0.05, 0) is 82.9 Å². The molecule has 0 radical (unpaired) electrons. The van der Waals surface area contributed by atoms with Crippen LogP contribution in [0.5, 0.6) is 11.5 Å². The van der Waals surface area contributed by atoms with Gasteiger partial charge in [-0.25, -0.2) is 4.79 Å². The molecule has 7 nitrogen and oxygen atoms in total. The Kier molecular flexibility index (Phi) is 5.23. The fraction of sp³-hybridized carbons (Fsp3) is 0.710. The van der Waals surface area contributed by atoms with E-state index in [1.165, 1.54) is 37.6 Å². The van der Waals surface area contributed by atoms with Crippen LogP contribution in [-0.2, 0) is 26.1 Å². The summed E-state index contributed by atoms with van der Waals surface area (Å²) in [4.78, 5) is 14.8. The van der Waals surface area contributed by atoms with Crippen LogP contribution in [0, 0.1) is 17.3 Å². The van der Waals surface area contributed by atoms with Crippen molar-refractivity contribution in [3.63, 3.8) is 0 Å². The smallest absolute Gasteiger partial charge is 0.336 e. The van der Waals surface area contributed by atoms with Gasteiger partial charge in [0.25, 0.3) is 0 Å². The third kappa shape index (κ3) is 2.99. The van der Waals surface area contributed by atoms with Crippen LogP contribution in [0.15, 0.2) is 24.3 Å². The lowest BCUT2D eigenvalue weighted by Crippen LogP contribution is -2.82. The summed E-state index contributed by atoms with van der Waals surface area (Å²) in [6, 6.07) is 4.66. The van der Waals surface area contributed by atoms with Crippen LogP contribution in [0.25, 0.3) is 0 Å². The number of nitrogens with zero attached hydrogens (tertiary/aromatic N) is 1. The molecule has 4 saturated carbocycles. The van der Waals surface area contributed by atoms with E-state index in [1.807, 2.05) is 19.9 Å². The van der Waals surface area contributed by atoms with Gasteiger partial charge in [-0.2, -0.15) is 0 Å². The first-order valence-corrected chi connectivity index (χ1v) is 14.3. The zero-order valence-electron chi connectivity index (χ0n) is 23.2. The lowest BCUT2D eigenvalue weighted by Gasteiger charge is -2.75. The van der Waals surface area contributed by atoms with Crippen LogP contribution in [0.4, 0.5) is 0 Å². The average Bonchev–Trinajstić information content (AvgIpc) is 3.64. The molecule has 5 fully saturated rings. The lowest BCUT2D eigenvalue weighted by atomic mass is 9.34. The van der Waals surface area contributed by atoms with E-state index in [0.717, 1.165) is 50.3 Å². The molecule has 1 aromatic rings. The summed E-state index contributed by atoms with van der Waals surface area (Å²) >= 11 is 0. The predicted octanol–water partition coefficient (Wildman–Crippen LogP) is 3.79. The van der Waals surface area contributed by atoms with Crippen LogP contribution < -0.4 is 9.47 Å². The van der Waals surface area contributed by atoms with Crippen molar-refractivity contribution < 1.29 is 28.8 Å². The van der Waals surface area contributed by atoms with Gasteiger partial charge in [0.15, 0.2) is 11.5 Å². The van der Waals surface area contributed by atoms with E-state index in [-0.39, 0.29) is 35.0 Å². The monoisotopic (exact) mass is 523 g/mol. The van der Waals surface area contributed by atoms with Gasteiger partial charge in [-0.3, -0.25) is 4.90 Å². The normalized spacial score (nSPS) is 38.4. The molecule has 1 aromatic carbocycles. The summed E-state index contributed by atoms with van der Waals surface area (Å²) in [7, 11) is 3.16. The maximum absolute atomic E-state index is 12.0. The summed E-state index contributed by atoms with van der Waals surface area (Å²) in [6.07, 6.45) is 7.46. The number of ether oxygens (including phenoxy) is 4. The molecule has 5 aliphatic carbocycles. The number of piperidine rings is 1. The first-order valence-electron chi connectivity index (χ1n) is 14.3. The Balaban J connectivity index is 1.38. The highest BCUT2D eigenvalue weighted by atomic mass is 16.6. The van der Waals surface area contributed by atoms with Gasteiger partial charge < -0.3 is 24.1 Å². The molecule has 2 spiro atoms. The molecule has 38 heavy (non-hydrogen) atoms. The number of esters is 1. The van der Waals surface area contributed by atoms with E-state index in [2.05, 4.69) is 17.5 Å². The van der Waals surface area contributed by atoms with Gasteiger partial charge >= 0.3 is 5.97 Å². The van der Waals surface area contributed by atoms with Crippen molar-refractivity contribution in [3.05, 3.63) is 35.4 Å². The van der Waals surface area contributed by atoms with Crippen LogP contribution >= 0.6 is 0 Å². The van der Waals surface area contributed by atoms with E-state index in [4.69, 9.17) is 18.9 Å². The van der Waals surface area contributed by atoms with Crippen LogP contribution in [0.2, 0.25) is 0 Å². The number of hydrogen-bond acceptors (Lipinski definition) is 7. The van der Waals surface area contributed by atoms with Crippen molar-refractivity contribution in [1.82, 2.24) is 4.90 Å². The Hall–Kier alpha value is -2.09. The third-order valence-corrected chi connectivity index (χ3v) is 11.4. The van der Waals surface area contributed by atoms with Crippen molar-refractivity contribution in [1.29, 1.82) is 0 Å². The van der Waals surface area contributed by atoms with E-state index in [1.54, 1.807) is 7.11 Å². The first-order chi connectivity index (χ1) is 18.1. The summed E-state index contributed by atoms with van der Waals surface area (Å²) in [5.74, 6) is 1.79. The molecule has 6 atom stereocenters. The zero-order chi connectivity index (χ0) is 26.7. The van der Waals surface area contributed by atoms with Crippen LogP contribution in [0.3, 0.4) is 0 Å². The highest BCUT2D eigenvalue weighted by molar-refractivity contribution is 5.87. The van der Waals surface area contributed by atoms with E-state index in [9.17, 15) is 9.90 Å². The number of hydrogen-bond donors (Lipinski definition) is 1. The number of methoxy groups -OCH3 is 2. The highest BCUT2D eigenvalue weighted by Gasteiger charge is 2.81. The quantitative estimate of drug-likeness (QED) is 0.410. The molecule has 8 rings (SSSR count). The van der Waals surface area contributed by atoms with Crippen molar-refractivity contribution in [2.24, 2.45) is 17.3 Å². The number of carbonyl (C=O) groups is 1. The second-order valence-corrected chi connectivity index (χ2v) is 13.4. The van der Waals surface area contributed by atoms with E-state index < -0.39 is 17.2 Å². The Morgan fingerprint density at radius 2 is 2.03 bits per heavy atom. The third-order valence-electron chi connectivity index (χ3n) is 11.4. The minimum atomic E-state index is -0.892. The van der Waals surface area contributed by atoms with Crippen LogP contribution in [0.1, 0.15) is 63.5 Å². The standard InChI is InChI=1S/C31H41NO6/c1-18(26(33)35-4)17-37-21-9-8-20-14-23-29-10-11-31(36-5,22(15-29)28(2,3)34)27-30(29,24(20)25(21)38-27)12-13-32(23)16-19-6-7-19/h8-9,19,22-23,27,34H,1,6-7,10-17H2,2-5H3/t22-,23-,27-,29-,30+,31-/m1/s1. The molecule has 7 aliphatic rings. The van der Waals surface area contributed by atoms with Gasteiger partial charge in [0.1, 0.15) is 18.3 Å². The van der Waals surface area contributed by atoms with Crippen LogP contribution in [-0.4, -0.2) is 73.2 Å². The van der Waals surface area contributed by atoms with E-state index in [0.29, 0.717) is 11.8 Å². The van der Waals surface area contributed by atoms with Gasteiger partial charge in [-0.1, -0.05) is 12.6 Å². The fourth-order valence-electron chi connectivity index (χ4n) is 9.70. The zero-order valence-corrected chi connectivity index (χ0v) is 23.2. The molecule has 1 saturated heterocycles.